The summed E-state index contributed by atoms with van der Waals surface area (Å²) < 4.78 is 8.44. The van der Waals surface area contributed by atoms with Crippen molar-refractivity contribution in [2.24, 2.45) is 5.73 Å². The normalized spacial score (nSPS) is 12.4. The first-order valence-corrected chi connectivity index (χ1v) is 2.17. The Balaban J connectivity index is 3.25. The lowest BCUT2D eigenvalue weighted by molar-refractivity contribution is 0.0457. The van der Waals surface area contributed by atoms with Crippen molar-refractivity contribution in [3.05, 3.63) is 0 Å². The van der Waals surface area contributed by atoms with Gasteiger partial charge in [-0.3, -0.25) is 5.73 Å². The third-order valence-electron chi connectivity index (χ3n) is 0.449. The zero-order valence-electron chi connectivity index (χ0n) is 4.88. The lowest BCUT2D eigenvalue weighted by Crippen LogP contribution is -2.23. The van der Waals surface area contributed by atoms with Gasteiger partial charge in [-0.25, -0.2) is 4.79 Å². The van der Waals surface area contributed by atoms with Crippen LogP contribution < -0.4 is 5.73 Å². The van der Waals surface area contributed by atoms with Crippen LogP contribution in [-0.2, 0) is 9.47 Å². The van der Waals surface area contributed by atoms with E-state index in [1.54, 1.807) is 0 Å². The minimum Gasteiger partial charge on any atom is -0.438 e. The average Bonchev–Trinajstić information content (AvgIpc) is 1.65. The number of methoxy groups -OCH3 is 1. The van der Waals surface area contributed by atoms with Crippen molar-refractivity contribution in [1.82, 2.24) is 0 Å². The molecular weight excluding hydrogens is 110 g/mol. The average molecular weight is 119 g/mol. The zero-order chi connectivity index (χ0) is 6.57. The first kappa shape index (κ1) is 7.23. The second-order valence-corrected chi connectivity index (χ2v) is 1.28. The Morgan fingerprint density at radius 2 is 2.25 bits per heavy atom. The predicted molar refractivity (Wildman–Crippen MR) is 27.1 cm³/mol. The van der Waals surface area contributed by atoms with Crippen LogP contribution in [0.25, 0.3) is 0 Å². The van der Waals surface area contributed by atoms with E-state index in [1.807, 2.05) is 0 Å². The molecule has 4 heteroatoms. The highest BCUT2D eigenvalue weighted by molar-refractivity contribution is 5.59. The van der Waals surface area contributed by atoms with Crippen molar-refractivity contribution in [1.29, 1.82) is 0 Å². The Kier molecular flexibility index (Phi) is 2.95. The Morgan fingerprint density at radius 1 is 1.75 bits per heavy atom. The summed E-state index contributed by atoms with van der Waals surface area (Å²) in [6.45, 7) is 1.54. The number of nitrogens with two attached hydrogens (primary N) is 1. The van der Waals surface area contributed by atoms with Gasteiger partial charge in [0, 0.05) is 0 Å². The van der Waals surface area contributed by atoms with Gasteiger partial charge in [-0.1, -0.05) is 0 Å². The molecule has 0 aliphatic carbocycles. The van der Waals surface area contributed by atoms with Crippen molar-refractivity contribution in [3.8, 4) is 0 Å². The lowest BCUT2D eigenvalue weighted by Gasteiger charge is -2.03. The fourth-order valence-corrected chi connectivity index (χ4v) is 0.200. The molecule has 0 heterocycles. The molecule has 0 spiro atoms. The molecule has 1 atom stereocenters. The summed E-state index contributed by atoms with van der Waals surface area (Å²) in [5, 5.41) is 0. The van der Waals surface area contributed by atoms with Gasteiger partial charge in [0.25, 0.3) is 0 Å². The van der Waals surface area contributed by atoms with Crippen LogP contribution in [0.15, 0.2) is 0 Å². The molecule has 48 valence electrons. The molecule has 1 unspecified atom stereocenters. The van der Waals surface area contributed by atoms with Gasteiger partial charge in [0.2, 0.25) is 0 Å². The molecule has 0 aliphatic heterocycles. The molecule has 0 radical (unpaired) electrons. The number of ether oxygens (including phenoxy) is 2. The van der Waals surface area contributed by atoms with E-state index >= 15 is 0 Å². The molecule has 0 aromatic heterocycles. The minimum absolute atomic E-state index is 0.595. The van der Waals surface area contributed by atoms with Gasteiger partial charge in [-0.15, -0.1) is 0 Å². The monoisotopic (exact) mass is 119 g/mol. The third kappa shape index (κ3) is 3.42. The molecule has 4 nitrogen and oxygen atoms in total. The lowest BCUT2D eigenvalue weighted by atomic mass is 10.7. The number of hydrogen-bond acceptors (Lipinski definition) is 4. The summed E-state index contributed by atoms with van der Waals surface area (Å²) >= 11 is 0. The number of carbonyl (C=O) groups excluding carboxylic acids is 1. The van der Waals surface area contributed by atoms with Gasteiger partial charge in [0.05, 0.1) is 7.11 Å². The van der Waals surface area contributed by atoms with Crippen molar-refractivity contribution < 1.29 is 14.3 Å². The number of rotatable bonds is 1. The van der Waals surface area contributed by atoms with E-state index in [0.717, 1.165) is 0 Å². The van der Waals surface area contributed by atoms with E-state index in [1.165, 1.54) is 14.0 Å². The van der Waals surface area contributed by atoms with E-state index in [-0.39, 0.29) is 0 Å². The molecular formula is C4H9NO3. The van der Waals surface area contributed by atoms with Crippen LogP contribution in [0.3, 0.4) is 0 Å². The van der Waals surface area contributed by atoms with Crippen LogP contribution in [0.4, 0.5) is 4.79 Å². The maximum Gasteiger partial charge on any atom is 0.509 e. The molecule has 8 heavy (non-hydrogen) atoms. The summed E-state index contributed by atoms with van der Waals surface area (Å²) in [7, 11) is 1.23. The molecule has 0 aromatic rings. The maximum atomic E-state index is 10.1. The quantitative estimate of drug-likeness (QED) is 0.392. The summed E-state index contributed by atoms with van der Waals surface area (Å²) in [4.78, 5) is 10.1. The predicted octanol–water partition coefficient (Wildman–Crippen LogP) is 0.0741. The van der Waals surface area contributed by atoms with Gasteiger partial charge in [0.1, 0.15) is 0 Å². The second-order valence-electron chi connectivity index (χ2n) is 1.28. The molecule has 0 rings (SSSR count). The third-order valence-corrected chi connectivity index (χ3v) is 0.449. The summed E-state index contributed by atoms with van der Waals surface area (Å²) in [6.07, 6.45) is -1.34. The van der Waals surface area contributed by atoms with Crippen LogP contribution >= 0.6 is 0 Å². The highest BCUT2D eigenvalue weighted by Gasteiger charge is 2.01. The van der Waals surface area contributed by atoms with Crippen LogP contribution in [-0.4, -0.2) is 19.5 Å². The zero-order valence-corrected chi connectivity index (χ0v) is 4.88. The highest BCUT2D eigenvalue weighted by atomic mass is 16.7. The second kappa shape index (κ2) is 3.26. The van der Waals surface area contributed by atoms with Gasteiger partial charge < -0.3 is 9.47 Å². The standard InChI is InChI=1S/C4H9NO3/c1-3(5)8-4(6)7-2/h3H,5H2,1-2H3. The van der Waals surface area contributed by atoms with E-state index in [2.05, 4.69) is 9.47 Å². The molecule has 2 N–H and O–H groups in total. The molecule has 0 aliphatic rings. The summed E-state index contributed by atoms with van der Waals surface area (Å²) in [5.41, 5.74) is 5.05. The van der Waals surface area contributed by atoms with Crippen molar-refractivity contribution >= 4 is 6.16 Å². The fourth-order valence-electron chi connectivity index (χ4n) is 0.200. The maximum absolute atomic E-state index is 10.1. The topological polar surface area (TPSA) is 61.5 Å². The van der Waals surface area contributed by atoms with Gasteiger partial charge in [0.15, 0.2) is 6.23 Å². The fraction of sp³-hybridized carbons (Fsp3) is 0.750. The molecule has 0 fully saturated rings. The Bertz CT molecular complexity index is 81.4. The Morgan fingerprint density at radius 3 is 2.38 bits per heavy atom. The van der Waals surface area contributed by atoms with E-state index in [4.69, 9.17) is 5.73 Å². The first-order chi connectivity index (χ1) is 3.66. The summed E-state index contributed by atoms with van der Waals surface area (Å²) in [6, 6.07) is 0. The van der Waals surface area contributed by atoms with Crippen molar-refractivity contribution in [3.63, 3.8) is 0 Å². The summed E-state index contributed by atoms with van der Waals surface area (Å²) in [5.74, 6) is 0. The molecule has 0 saturated heterocycles. The highest BCUT2D eigenvalue weighted by Crippen LogP contribution is 1.83. The first-order valence-electron chi connectivity index (χ1n) is 2.17. The molecule has 0 amide bonds. The largest absolute Gasteiger partial charge is 0.509 e. The van der Waals surface area contributed by atoms with E-state index in [0.29, 0.717) is 0 Å². The van der Waals surface area contributed by atoms with E-state index < -0.39 is 12.4 Å². The van der Waals surface area contributed by atoms with Crippen LogP contribution in [0.2, 0.25) is 0 Å². The Hall–Kier alpha value is -0.770. The van der Waals surface area contributed by atoms with E-state index in [9.17, 15) is 4.79 Å². The number of carbonyl (C=O) groups is 1. The number of hydrogen-bond donors (Lipinski definition) is 1. The van der Waals surface area contributed by atoms with Crippen LogP contribution in [0, 0.1) is 0 Å². The van der Waals surface area contributed by atoms with Gasteiger partial charge in [-0.05, 0) is 6.92 Å². The SMILES string of the molecule is COC(=O)OC(C)N. The smallest absolute Gasteiger partial charge is 0.438 e. The van der Waals surface area contributed by atoms with Crippen LogP contribution in [0.1, 0.15) is 6.92 Å². The molecule has 0 aromatic carbocycles. The van der Waals surface area contributed by atoms with Gasteiger partial charge >= 0.3 is 6.16 Å². The Labute approximate surface area is 47.6 Å². The minimum atomic E-state index is -0.750. The van der Waals surface area contributed by atoms with Crippen LogP contribution in [0.5, 0.6) is 0 Å². The van der Waals surface area contributed by atoms with Gasteiger partial charge in [-0.2, -0.15) is 0 Å². The molecule has 0 bridgehead atoms. The molecule has 0 saturated carbocycles. The van der Waals surface area contributed by atoms with Crippen molar-refractivity contribution in [2.45, 2.75) is 13.2 Å². The van der Waals surface area contributed by atoms with Crippen molar-refractivity contribution in [2.75, 3.05) is 7.11 Å².